The highest BCUT2D eigenvalue weighted by atomic mass is 16.3. The van der Waals surface area contributed by atoms with Gasteiger partial charge in [-0.1, -0.05) is 255 Å². The summed E-state index contributed by atoms with van der Waals surface area (Å²) in [6.45, 7) is 0. The van der Waals surface area contributed by atoms with Gasteiger partial charge in [-0.2, -0.15) is 0 Å². The van der Waals surface area contributed by atoms with E-state index >= 15 is 0 Å². The summed E-state index contributed by atoms with van der Waals surface area (Å²) < 4.78 is 42.1. The summed E-state index contributed by atoms with van der Waals surface area (Å²) in [4.78, 5) is 33.5. The van der Waals surface area contributed by atoms with Crippen molar-refractivity contribution in [2.45, 2.75) is 0 Å². The lowest BCUT2D eigenvalue weighted by Crippen LogP contribution is -2.02. The van der Waals surface area contributed by atoms with Gasteiger partial charge < -0.3 is 35.8 Å². The fraction of sp³-hybridized carbons (Fsp3) is 0. The summed E-state index contributed by atoms with van der Waals surface area (Å²) in [6, 6.07) is 144. The molecule has 21 aromatic carbocycles. The first-order valence-electron chi connectivity index (χ1n) is 46.4. The van der Waals surface area contributed by atoms with Gasteiger partial charge in [-0.3, -0.25) is 0 Å². The first-order valence-corrected chi connectivity index (χ1v) is 46.4. The van der Waals surface area contributed by atoms with Crippen LogP contribution in [0.25, 0.3) is 315 Å². The van der Waals surface area contributed by atoms with Crippen LogP contribution in [0, 0.1) is 0 Å². The number of rotatable bonds is 10. The van der Waals surface area contributed by atoms with Crippen LogP contribution in [0.2, 0.25) is 0 Å². The number of fused-ring (bicyclic) bond motifs is 30. The molecule has 0 aliphatic heterocycles. The van der Waals surface area contributed by atoms with Crippen molar-refractivity contribution < 1.29 is 22.1 Å². The molecule has 0 N–H and O–H groups in total. The maximum absolute atomic E-state index is 7.54. The minimum Gasteiger partial charge on any atom is -0.456 e. The molecule has 0 bridgehead atoms. The van der Waals surface area contributed by atoms with Crippen molar-refractivity contribution in [1.29, 1.82) is 0 Å². The van der Waals surface area contributed by atoms with Crippen LogP contribution in [0.1, 0.15) is 0 Å². The summed E-state index contributed by atoms with van der Waals surface area (Å²) in [6.07, 6.45) is 0. The Balaban J connectivity index is 0.594. The molecule has 0 saturated carbocycles. The molecule has 10 heterocycles. The Morgan fingerprint density at radius 3 is 1.19 bits per heavy atom. The van der Waals surface area contributed by atoms with E-state index in [1.165, 1.54) is 16.2 Å². The van der Waals surface area contributed by atoms with Crippen molar-refractivity contribution in [3.8, 4) is 96.5 Å². The number of benzene rings is 21. The fourth-order valence-corrected chi connectivity index (χ4v) is 22.4. The minimum atomic E-state index is 0.445. The summed E-state index contributed by atoms with van der Waals surface area (Å²) >= 11 is 0. The molecule has 0 radical (unpaired) electrons. The molecule has 0 unspecified atom stereocenters. The molecule has 31 aromatic rings. The Morgan fingerprint density at radius 2 is 0.551 bits per heavy atom. The number of furan rings is 5. The average Bonchev–Trinajstić information content (AvgIpc) is 1.55. The van der Waals surface area contributed by atoms with Crippen LogP contribution in [-0.4, -0.2) is 43.6 Å². The monoisotopic (exact) mass is 1760 g/mol. The Labute approximate surface area is 781 Å². The van der Waals surface area contributed by atoms with E-state index in [1.807, 2.05) is 72.8 Å². The van der Waals surface area contributed by atoms with Crippen molar-refractivity contribution in [3.05, 3.63) is 406 Å². The van der Waals surface area contributed by atoms with Crippen LogP contribution in [0.3, 0.4) is 0 Å². The zero-order valence-corrected chi connectivity index (χ0v) is 73.2. The Kier molecular flexibility index (Phi) is 15.3. The maximum atomic E-state index is 7.54. The van der Waals surface area contributed by atoms with Gasteiger partial charge in [-0.05, 0) is 200 Å². The molecule has 14 heteroatoms. The van der Waals surface area contributed by atoms with Crippen molar-refractivity contribution in [2.24, 2.45) is 0 Å². The quantitative estimate of drug-likeness (QED) is 0.128. The number of para-hydroxylation sites is 7. The third kappa shape index (κ3) is 10.9. The molecule has 0 saturated heterocycles. The van der Waals surface area contributed by atoms with Gasteiger partial charge in [-0.25, -0.2) is 29.9 Å². The van der Waals surface area contributed by atoms with Crippen molar-refractivity contribution in [1.82, 2.24) is 43.6 Å². The van der Waals surface area contributed by atoms with E-state index in [0.29, 0.717) is 51.7 Å². The molecule has 31 rings (SSSR count). The largest absolute Gasteiger partial charge is 0.456 e. The Bertz CT molecular complexity index is 10700. The van der Waals surface area contributed by atoms with Crippen LogP contribution < -0.4 is 0 Å². The summed E-state index contributed by atoms with van der Waals surface area (Å²) in [5, 5.41) is 25.2. The van der Waals surface area contributed by atoms with Gasteiger partial charge >= 0.3 is 0 Å². The fourth-order valence-electron chi connectivity index (χ4n) is 22.4. The summed E-state index contributed by atoms with van der Waals surface area (Å²) in [7, 11) is 0. The third-order valence-corrected chi connectivity index (χ3v) is 28.6. The molecular weight excluding hydrogens is 1700 g/mol. The second-order valence-electron chi connectivity index (χ2n) is 36.2. The predicted molar refractivity (Wildman–Crippen MR) is 561 cm³/mol. The van der Waals surface area contributed by atoms with Gasteiger partial charge in [0.2, 0.25) is 0 Å². The molecule has 638 valence electrons. The van der Waals surface area contributed by atoms with Crippen molar-refractivity contribution in [3.63, 3.8) is 0 Å². The molecule has 0 atom stereocenters. The minimum absolute atomic E-state index is 0.445. The standard InChI is InChI=1S/C124H67N9O5/c1-4-28-73-64-104-97(58-70(73)25-1)112-80-31-7-5-23-68(80)51-56-102(112)133(104)105-65-77(61-95-87-37-13-18-48-110(87)137-117(95)105)121-126-119(125-120(127-121)76-50-53-88-84-34-10-15-45-107(84)134-111(88)67-76)75-52-55-100-94(60-75)83-33-9-14-43-99(83)131(100)79-30-19-29-74(57-79)81-38-22-44-101-113(81)98-59-71-26-2-3-27-72(71)63-103(98)132(101)106-66-78(62-96-91-54-49-69-24-6-8-32-82(69)114(91)138-118(96)106)122-128-123(92-41-20-39-89-85-35-11-16-46-108(85)135-115(89)92)130-124(129-122)93-42-21-40-90-86-36-12-17-47-109(86)136-116(90)93/h1-67H. The van der Waals surface area contributed by atoms with E-state index in [9.17, 15) is 0 Å². The van der Waals surface area contributed by atoms with Gasteiger partial charge in [0, 0.05) is 120 Å². The highest BCUT2D eigenvalue weighted by Crippen LogP contribution is 2.51. The van der Waals surface area contributed by atoms with Gasteiger partial charge in [0.05, 0.1) is 55.6 Å². The lowest BCUT2D eigenvalue weighted by molar-refractivity contribution is 0.666. The van der Waals surface area contributed by atoms with Gasteiger partial charge in [0.1, 0.15) is 44.7 Å². The normalized spacial score (nSPS) is 12.3. The first-order chi connectivity index (χ1) is 68.3. The van der Waals surface area contributed by atoms with Gasteiger partial charge in [0.25, 0.3) is 0 Å². The Morgan fingerprint density at radius 1 is 0.159 bits per heavy atom. The lowest BCUT2D eigenvalue weighted by Gasteiger charge is -2.14. The van der Waals surface area contributed by atoms with Crippen LogP contribution in [-0.2, 0) is 0 Å². The highest BCUT2D eigenvalue weighted by molar-refractivity contribution is 6.26. The number of nitrogens with zero attached hydrogens (tertiary/aromatic N) is 9. The number of aromatic nitrogens is 9. The molecule has 10 aromatic heterocycles. The molecule has 14 nitrogen and oxygen atoms in total. The van der Waals surface area contributed by atoms with E-state index in [2.05, 4.69) is 347 Å². The van der Waals surface area contributed by atoms with E-state index in [1.54, 1.807) is 0 Å². The molecule has 0 aliphatic rings. The zero-order valence-electron chi connectivity index (χ0n) is 73.2. The maximum Gasteiger partial charge on any atom is 0.167 e. The van der Waals surface area contributed by atoms with Crippen molar-refractivity contribution in [2.75, 3.05) is 0 Å². The summed E-state index contributed by atoms with van der Waals surface area (Å²) in [5.41, 5.74) is 22.9. The van der Waals surface area contributed by atoms with E-state index in [4.69, 9.17) is 52.0 Å². The van der Waals surface area contributed by atoms with E-state index in [-0.39, 0.29) is 0 Å². The molecule has 0 spiro atoms. The first kappa shape index (κ1) is 74.7. The topological polar surface area (TPSA) is 158 Å². The van der Waals surface area contributed by atoms with Crippen LogP contribution >= 0.6 is 0 Å². The summed E-state index contributed by atoms with van der Waals surface area (Å²) in [5.74, 6) is 2.83. The second-order valence-corrected chi connectivity index (χ2v) is 36.2. The SMILES string of the molecule is c1cc(-c2cccc3c2c2cc4ccccc4cc2n3-c2cc(-c3nc(-c4cccc5c4oc4ccccc45)nc(-c4cccc5c4oc4ccccc45)n3)cc3c2oc2c4ccccc4ccc32)cc(-n2c3ccccc3c3cc(-c4nc(-c5ccc6c(c5)oc5ccccc56)nc(-c5cc(-n6c7cc8ccccc8cc7c7c8ccccc8ccc76)c6oc7ccccc7c6c5)n4)ccc32)c1. The molecule has 0 aliphatic carbocycles. The smallest absolute Gasteiger partial charge is 0.167 e. The molecular formula is C124H67N9O5. The van der Waals surface area contributed by atoms with Crippen LogP contribution in [0.15, 0.2) is 429 Å². The lowest BCUT2D eigenvalue weighted by atomic mass is 9.98. The second kappa shape index (κ2) is 28.3. The molecule has 0 fully saturated rings. The van der Waals surface area contributed by atoms with Gasteiger partial charge in [-0.15, -0.1) is 0 Å². The number of hydrogen-bond donors (Lipinski definition) is 0. The highest BCUT2D eigenvalue weighted by Gasteiger charge is 2.30. The van der Waals surface area contributed by atoms with Gasteiger partial charge in [0.15, 0.2) is 46.1 Å². The zero-order chi connectivity index (χ0) is 89.8. The van der Waals surface area contributed by atoms with Crippen molar-refractivity contribution >= 4 is 218 Å². The van der Waals surface area contributed by atoms with Crippen LogP contribution in [0.5, 0.6) is 0 Å². The van der Waals surface area contributed by atoms with E-state index in [0.717, 1.165) is 247 Å². The van der Waals surface area contributed by atoms with E-state index < -0.39 is 0 Å². The van der Waals surface area contributed by atoms with Crippen LogP contribution in [0.4, 0.5) is 0 Å². The predicted octanol–water partition coefficient (Wildman–Crippen LogP) is 33.1. The molecule has 138 heavy (non-hydrogen) atoms. The molecule has 0 amide bonds. The average molecular weight is 1760 g/mol. The third-order valence-electron chi connectivity index (χ3n) is 28.6. The number of hydrogen-bond acceptors (Lipinski definition) is 11. The Hall–Kier alpha value is -18.9.